The zero-order chi connectivity index (χ0) is 21.6. The van der Waals surface area contributed by atoms with E-state index in [4.69, 9.17) is 9.47 Å². The average Bonchev–Trinajstić information content (AvgIpc) is 2.67. The quantitative estimate of drug-likeness (QED) is 0.633. The summed E-state index contributed by atoms with van der Waals surface area (Å²) in [5.74, 6) is -0.973. The summed E-state index contributed by atoms with van der Waals surface area (Å²) in [6, 6.07) is 9.92. The van der Waals surface area contributed by atoms with Gasteiger partial charge < -0.3 is 14.8 Å². The van der Waals surface area contributed by atoms with Gasteiger partial charge in [0.2, 0.25) is 10.0 Å². The standard InChI is InChI=1S/C20H24N2O6S/c1-13-5-8-18(27-4)17(9-13)22-19(23)12-28-20(24)11-21-29(25,26)16-7-6-14(2)15(3)10-16/h5-10,21H,11-12H2,1-4H3,(H,22,23). The number of nitrogens with one attached hydrogen (secondary N) is 2. The lowest BCUT2D eigenvalue weighted by Crippen LogP contribution is -2.32. The Labute approximate surface area is 170 Å². The summed E-state index contributed by atoms with van der Waals surface area (Å²) in [5, 5.41) is 2.59. The van der Waals surface area contributed by atoms with Crippen molar-refractivity contribution in [1.29, 1.82) is 0 Å². The van der Waals surface area contributed by atoms with E-state index in [9.17, 15) is 18.0 Å². The van der Waals surface area contributed by atoms with Gasteiger partial charge in [0.15, 0.2) is 6.61 Å². The highest BCUT2D eigenvalue weighted by molar-refractivity contribution is 7.89. The third kappa shape index (κ3) is 6.30. The van der Waals surface area contributed by atoms with Crippen LogP contribution in [0.4, 0.5) is 5.69 Å². The van der Waals surface area contributed by atoms with Crippen molar-refractivity contribution in [3.05, 3.63) is 53.1 Å². The lowest BCUT2D eigenvalue weighted by Gasteiger charge is -2.11. The summed E-state index contributed by atoms with van der Waals surface area (Å²) in [6.07, 6.45) is 0. The average molecular weight is 420 g/mol. The molecule has 0 unspecified atom stereocenters. The van der Waals surface area contributed by atoms with E-state index in [1.54, 1.807) is 25.1 Å². The van der Waals surface area contributed by atoms with Crippen LogP contribution in [0, 0.1) is 20.8 Å². The van der Waals surface area contributed by atoms with Crippen molar-refractivity contribution in [3.8, 4) is 5.75 Å². The molecule has 0 bridgehead atoms. The van der Waals surface area contributed by atoms with Gasteiger partial charge in [-0.3, -0.25) is 9.59 Å². The summed E-state index contributed by atoms with van der Waals surface area (Å²) in [4.78, 5) is 23.9. The molecular formula is C20H24N2O6S. The molecule has 156 valence electrons. The fraction of sp³-hybridized carbons (Fsp3) is 0.300. The Morgan fingerprint density at radius 1 is 1.00 bits per heavy atom. The molecule has 0 radical (unpaired) electrons. The molecule has 29 heavy (non-hydrogen) atoms. The third-order valence-corrected chi connectivity index (χ3v) is 5.59. The van der Waals surface area contributed by atoms with Gasteiger partial charge in [0.05, 0.1) is 17.7 Å². The molecule has 2 rings (SSSR count). The van der Waals surface area contributed by atoms with Gasteiger partial charge in [0, 0.05) is 0 Å². The van der Waals surface area contributed by atoms with Gasteiger partial charge in [-0.05, 0) is 61.7 Å². The van der Waals surface area contributed by atoms with Gasteiger partial charge in [-0.25, -0.2) is 8.42 Å². The number of anilines is 1. The number of carbonyl (C=O) groups is 2. The van der Waals surface area contributed by atoms with Crippen LogP contribution in [-0.2, 0) is 24.3 Å². The highest BCUT2D eigenvalue weighted by Gasteiger charge is 2.17. The van der Waals surface area contributed by atoms with Crippen molar-refractivity contribution in [2.45, 2.75) is 25.7 Å². The molecule has 2 aromatic rings. The molecule has 0 heterocycles. The maximum absolute atomic E-state index is 12.3. The van der Waals surface area contributed by atoms with E-state index in [0.29, 0.717) is 11.4 Å². The van der Waals surface area contributed by atoms with Crippen LogP contribution in [0.3, 0.4) is 0 Å². The van der Waals surface area contributed by atoms with Crippen LogP contribution in [0.2, 0.25) is 0 Å². The van der Waals surface area contributed by atoms with Crippen LogP contribution in [0.25, 0.3) is 0 Å². The molecule has 0 saturated heterocycles. The number of sulfonamides is 1. The second kappa shape index (κ2) is 9.53. The van der Waals surface area contributed by atoms with E-state index < -0.39 is 35.1 Å². The Kier molecular flexibility index (Phi) is 7.35. The largest absolute Gasteiger partial charge is 0.495 e. The van der Waals surface area contributed by atoms with Gasteiger partial charge in [-0.2, -0.15) is 4.72 Å². The van der Waals surface area contributed by atoms with Crippen LogP contribution in [-0.4, -0.2) is 40.6 Å². The topological polar surface area (TPSA) is 111 Å². The molecule has 2 aromatic carbocycles. The number of methoxy groups -OCH3 is 1. The summed E-state index contributed by atoms with van der Waals surface area (Å²) in [6.45, 7) is 4.38. The number of hydrogen-bond acceptors (Lipinski definition) is 6. The minimum atomic E-state index is -3.86. The van der Waals surface area contributed by atoms with Crippen LogP contribution >= 0.6 is 0 Å². The molecular weight excluding hydrogens is 396 g/mol. The van der Waals surface area contributed by atoms with E-state index in [-0.39, 0.29) is 4.90 Å². The number of aryl methyl sites for hydroxylation is 3. The van der Waals surface area contributed by atoms with Crippen molar-refractivity contribution in [3.63, 3.8) is 0 Å². The summed E-state index contributed by atoms with van der Waals surface area (Å²) < 4.78 is 36.7. The zero-order valence-electron chi connectivity index (χ0n) is 16.7. The number of carbonyl (C=O) groups excluding carboxylic acids is 2. The molecule has 0 aliphatic heterocycles. The molecule has 0 aliphatic carbocycles. The third-order valence-electron chi connectivity index (χ3n) is 4.19. The highest BCUT2D eigenvalue weighted by Crippen LogP contribution is 2.25. The van der Waals surface area contributed by atoms with Gasteiger partial charge >= 0.3 is 5.97 Å². The number of hydrogen-bond donors (Lipinski definition) is 2. The number of benzene rings is 2. The lowest BCUT2D eigenvalue weighted by molar-refractivity contribution is -0.146. The second-order valence-corrected chi connectivity index (χ2v) is 8.25. The Hall–Kier alpha value is -2.91. The molecule has 0 saturated carbocycles. The monoisotopic (exact) mass is 420 g/mol. The molecule has 0 aromatic heterocycles. The van der Waals surface area contributed by atoms with Crippen molar-refractivity contribution >= 4 is 27.6 Å². The van der Waals surface area contributed by atoms with Gasteiger partial charge in [0.1, 0.15) is 12.3 Å². The lowest BCUT2D eigenvalue weighted by atomic mass is 10.1. The van der Waals surface area contributed by atoms with Crippen LogP contribution < -0.4 is 14.8 Å². The Balaban J connectivity index is 1.87. The van der Waals surface area contributed by atoms with E-state index in [0.717, 1.165) is 16.7 Å². The SMILES string of the molecule is COc1ccc(C)cc1NC(=O)COC(=O)CNS(=O)(=O)c1ccc(C)c(C)c1. The molecule has 0 aliphatic rings. The van der Waals surface area contributed by atoms with Gasteiger partial charge in [0.25, 0.3) is 5.91 Å². The van der Waals surface area contributed by atoms with Crippen molar-refractivity contribution < 1.29 is 27.5 Å². The summed E-state index contributed by atoms with van der Waals surface area (Å²) in [7, 11) is -2.39. The normalized spacial score (nSPS) is 11.0. The minimum absolute atomic E-state index is 0.0534. The molecule has 8 nitrogen and oxygen atoms in total. The van der Waals surface area contributed by atoms with Crippen molar-refractivity contribution in [2.24, 2.45) is 0 Å². The number of amides is 1. The van der Waals surface area contributed by atoms with Crippen molar-refractivity contribution in [2.75, 3.05) is 25.6 Å². The maximum Gasteiger partial charge on any atom is 0.321 e. The van der Waals surface area contributed by atoms with Crippen LogP contribution in [0.15, 0.2) is 41.3 Å². The second-order valence-electron chi connectivity index (χ2n) is 6.48. The molecule has 0 fully saturated rings. The number of rotatable bonds is 8. The predicted molar refractivity (Wildman–Crippen MR) is 108 cm³/mol. The first-order valence-electron chi connectivity index (χ1n) is 8.79. The van der Waals surface area contributed by atoms with Crippen molar-refractivity contribution in [1.82, 2.24) is 4.72 Å². The summed E-state index contributed by atoms with van der Waals surface area (Å²) in [5.41, 5.74) is 3.14. The maximum atomic E-state index is 12.3. The fourth-order valence-corrected chi connectivity index (χ4v) is 3.47. The van der Waals surface area contributed by atoms with E-state index in [2.05, 4.69) is 10.0 Å². The summed E-state index contributed by atoms with van der Waals surface area (Å²) >= 11 is 0. The predicted octanol–water partition coefficient (Wildman–Crippen LogP) is 2.08. The van der Waals surface area contributed by atoms with E-state index in [1.165, 1.54) is 19.2 Å². The van der Waals surface area contributed by atoms with Crippen LogP contribution in [0.1, 0.15) is 16.7 Å². The van der Waals surface area contributed by atoms with E-state index >= 15 is 0 Å². The molecule has 0 spiro atoms. The smallest absolute Gasteiger partial charge is 0.321 e. The fourth-order valence-electron chi connectivity index (χ4n) is 2.42. The first-order chi connectivity index (χ1) is 13.6. The highest BCUT2D eigenvalue weighted by atomic mass is 32.2. The Morgan fingerprint density at radius 3 is 2.38 bits per heavy atom. The van der Waals surface area contributed by atoms with Gasteiger partial charge in [-0.1, -0.05) is 12.1 Å². The number of esters is 1. The Bertz CT molecular complexity index is 1020. The van der Waals surface area contributed by atoms with Gasteiger partial charge in [-0.15, -0.1) is 0 Å². The van der Waals surface area contributed by atoms with Crippen LogP contribution in [0.5, 0.6) is 5.75 Å². The molecule has 2 N–H and O–H groups in total. The first kappa shape index (κ1) is 22.4. The molecule has 9 heteroatoms. The Morgan fingerprint density at radius 2 is 1.72 bits per heavy atom. The first-order valence-corrected chi connectivity index (χ1v) is 10.3. The molecule has 1 amide bonds. The zero-order valence-corrected chi connectivity index (χ0v) is 17.6. The number of ether oxygens (including phenoxy) is 2. The van der Waals surface area contributed by atoms with E-state index in [1.807, 2.05) is 19.9 Å². The molecule has 0 atom stereocenters. The minimum Gasteiger partial charge on any atom is -0.495 e.